The average molecular weight is 172 g/mol. The summed E-state index contributed by atoms with van der Waals surface area (Å²) >= 11 is 0. The van der Waals surface area contributed by atoms with Crippen LogP contribution in [0, 0.1) is 0 Å². The van der Waals surface area contributed by atoms with E-state index < -0.39 is 5.97 Å². The van der Waals surface area contributed by atoms with E-state index in [9.17, 15) is 9.59 Å². The highest BCUT2D eigenvalue weighted by Crippen LogP contribution is 2.08. The van der Waals surface area contributed by atoms with Gasteiger partial charge in [0.1, 0.15) is 0 Å². The molecule has 0 bridgehead atoms. The molecule has 0 saturated carbocycles. The molecule has 0 radical (unpaired) electrons. The van der Waals surface area contributed by atoms with Gasteiger partial charge in [-0.05, 0) is 13.8 Å². The third-order valence-electron chi connectivity index (χ3n) is 1.54. The largest absolute Gasteiger partial charge is 0.512 e. The highest BCUT2D eigenvalue weighted by molar-refractivity contribution is 5.93. The predicted octanol–water partition coefficient (Wildman–Crippen LogP) is 1.27. The van der Waals surface area contributed by atoms with Gasteiger partial charge in [0.2, 0.25) is 0 Å². The van der Waals surface area contributed by atoms with E-state index in [2.05, 4.69) is 0 Å². The molecule has 0 fully saturated rings. The lowest BCUT2D eigenvalue weighted by molar-refractivity contribution is -0.137. The lowest BCUT2D eigenvalue weighted by atomic mass is 10.1. The second-order valence-corrected chi connectivity index (χ2v) is 2.52. The number of hydrogen-bond acceptors (Lipinski definition) is 3. The van der Waals surface area contributed by atoms with Gasteiger partial charge in [-0.2, -0.15) is 0 Å². The highest BCUT2D eigenvalue weighted by atomic mass is 16.4. The van der Waals surface area contributed by atoms with E-state index in [1.807, 2.05) is 0 Å². The van der Waals surface area contributed by atoms with Crippen LogP contribution < -0.4 is 0 Å². The van der Waals surface area contributed by atoms with Crippen molar-refractivity contribution in [2.24, 2.45) is 0 Å². The van der Waals surface area contributed by atoms with Crippen molar-refractivity contribution in [2.45, 2.75) is 26.7 Å². The molecule has 68 valence electrons. The summed E-state index contributed by atoms with van der Waals surface area (Å²) in [5.41, 5.74) is 0.233. The number of carboxylic acids is 1. The Kier molecular flexibility index (Phi) is 4.04. The van der Waals surface area contributed by atoms with Gasteiger partial charge in [-0.3, -0.25) is 9.59 Å². The molecule has 0 unspecified atom stereocenters. The molecule has 0 aromatic rings. The number of Topliss-reactive ketones (excluding diaryl/α,β-unsaturated/α-hetero) is 1. The summed E-state index contributed by atoms with van der Waals surface area (Å²) in [4.78, 5) is 20.7. The smallest absolute Gasteiger partial charge is 0.303 e. The van der Waals surface area contributed by atoms with Gasteiger partial charge in [-0.15, -0.1) is 0 Å². The molecule has 0 aliphatic rings. The SMILES string of the molecule is CC(=O)C(C)=C(O)CCC(=O)O. The summed E-state index contributed by atoms with van der Waals surface area (Å²) in [5.74, 6) is -1.36. The number of allylic oxidation sites excluding steroid dienone is 2. The zero-order chi connectivity index (χ0) is 9.72. The van der Waals surface area contributed by atoms with Gasteiger partial charge in [0.25, 0.3) is 0 Å². The van der Waals surface area contributed by atoms with Crippen LogP contribution >= 0.6 is 0 Å². The van der Waals surface area contributed by atoms with Crippen LogP contribution in [0.1, 0.15) is 26.7 Å². The number of rotatable bonds is 4. The maximum Gasteiger partial charge on any atom is 0.303 e. The van der Waals surface area contributed by atoms with Crippen LogP contribution in [0.4, 0.5) is 0 Å². The first-order chi connectivity index (χ1) is 5.45. The van der Waals surface area contributed by atoms with Gasteiger partial charge in [0.05, 0.1) is 12.2 Å². The summed E-state index contributed by atoms with van der Waals surface area (Å²) in [5, 5.41) is 17.4. The molecule has 0 aliphatic heterocycles. The second kappa shape index (κ2) is 4.54. The summed E-state index contributed by atoms with van der Waals surface area (Å²) in [6.07, 6.45) is -0.142. The Bertz CT molecular complexity index is 227. The first-order valence-corrected chi connectivity index (χ1v) is 3.56. The number of hydrogen-bond donors (Lipinski definition) is 2. The first-order valence-electron chi connectivity index (χ1n) is 3.56. The Morgan fingerprint density at radius 3 is 1.92 bits per heavy atom. The van der Waals surface area contributed by atoms with Crippen molar-refractivity contribution in [3.63, 3.8) is 0 Å². The Balaban J connectivity index is 4.18. The number of aliphatic hydroxyl groups is 1. The molecule has 2 N–H and O–H groups in total. The number of aliphatic hydroxyl groups excluding tert-OH is 1. The van der Waals surface area contributed by atoms with Crippen LogP contribution in [0.15, 0.2) is 11.3 Å². The Labute approximate surface area is 70.5 Å². The van der Waals surface area contributed by atoms with Crippen LogP contribution in [0.3, 0.4) is 0 Å². The Morgan fingerprint density at radius 2 is 1.58 bits per heavy atom. The normalized spacial score (nSPS) is 12.2. The molecular formula is C8H12O4. The second-order valence-electron chi connectivity index (χ2n) is 2.52. The summed E-state index contributed by atoms with van der Waals surface area (Å²) in [7, 11) is 0. The van der Waals surface area contributed by atoms with E-state index in [1.54, 1.807) is 0 Å². The fourth-order valence-corrected chi connectivity index (χ4v) is 0.616. The predicted molar refractivity (Wildman–Crippen MR) is 42.9 cm³/mol. The van der Waals surface area contributed by atoms with E-state index >= 15 is 0 Å². The highest BCUT2D eigenvalue weighted by Gasteiger charge is 2.06. The zero-order valence-corrected chi connectivity index (χ0v) is 7.13. The molecule has 0 aliphatic carbocycles. The van der Waals surface area contributed by atoms with Crippen molar-refractivity contribution in [1.82, 2.24) is 0 Å². The molecule has 0 atom stereocenters. The maximum absolute atomic E-state index is 10.7. The molecule has 4 heteroatoms. The Morgan fingerprint density at radius 1 is 1.08 bits per heavy atom. The fourth-order valence-electron chi connectivity index (χ4n) is 0.616. The number of aliphatic carboxylic acids is 1. The molecule has 0 rings (SSSR count). The molecule has 0 aromatic carbocycles. The van der Waals surface area contributed by atoms with E-state index in [0.29, 0.717) is 0 Å². The Hall–Kier alpha value is -1.32. The monoisotopic (exact) mass is 172 g/mol. The first kappa shape index (κ1) is 10.7. The van der Waals surface area contributed by atoms with Gasteiger partial charge in [0.15, 0.2) is 5.78 Å². The van der Waals surface area contributed by atoms with Crippen molar-refractivity contribution in [1.29, 1.82) is 0 Å². The van der Waals surface area contributed by atoms with Gasteiger partial charge in [-0.1, -0.05) is 0 Å². The minimum absolute atomic E-state index is 0.0146. The van der Waals surface area contributed by atoms with Gasteiger partial charge in [-0.25, -0.2) is 0 Å². The fraction of sp³-hybridized carbons (Fsp3) is 0.500. The van der Waals surface area contributed by atoms with E-state index in [0.717, 1.165) is 0 Å². The van der Waals surface area contributed by atoms with Crippen molar-refractivity contribution in [2.75, 3.05) is 0 Å². The molecule has 0 spiro atoms. The van der Waals surface area contributed by atoms with Crippen LogP contribution in [0.2, 0.25) is 0 Å². The summed E-state index contributed by atoms with van der Waals surface area (Å²) < 4.78 is 0. The third-order valence-corrected chi connectivity index (χ3v) is 1.54. The summed E-state index contributed by atoms with van der Waals surface area (Å²) in [6, 6.07) is 0. The number of carbonyl (C=O) groups excluding carboxylic acids is 1. The van der Waals surface area contributed by atoms with Gasteiger partial charge in [0, 0.05) is 12.0 Å². The molecule has 0 heterocycles. The van der Waals surface area contributed by atoms with Crippen LogP contribution in [0.25, 0.3) is 0 Å². The van der Waals surface area contributed by atoms with E-state index in [1.165, 1.54) is 13.8 Å². The molecule has 12 heavy (non-hydrogen) atoms. The number of ketones is 1. The van der Waals surface area contributed by atoms with Crippen LogP contribution in [-0.4, -0.2) is 22.0 Å². The lowest BCUT2D eigenvalue weighted by Gasteiger charge is -2.00. The van der Waals surface area contributed by atoms with Gasteiger partial charge < -0.3 is 10.2 Å². The minimum Gasteiger partial charge on any atom is -0.512 e. The van der Waals surface area contributed by atoms with Crippen molar-refractivity contribution in [3.8, 4) is 0 Å². The molecule has 4 nitrogen and oxygen atoms in total. The lowest BCUT2D eigenvalue weighted by Crippen LogP contribution is -2.01. The zero-order valence-electron chi connectivity index (χ0n) is 7.13. The quantitative estimate of drug-likeness (QED) is 0.494. The van der Waals surface area contributed by atoms with Crippen LogP contribution in [0.5, 0.6) is 0 Å². The van der Waals surface area contributed by atoms with E-state index in [-0.39, 0.29) is 30.0 Å². The number of carbonyl (C=O) groups is 2. The average Bonchev–Trinajstić information content (AvgIpc) is 1.98. The van der Waals surface area contributed by atoms with E-state index in [4.69, 9.17) is 10.2 Å². The molecule has 0 amide bonds. The van der Waals surface area contributed by atoms with Crippen LogP contribution in [-0.2, 0) is 9.59 Å². The van der Waals surface area contributed by atoms with Crippen molar-refractivity contribution in [3.05, 3.63) is 11.3 Å². The van der Waals surface area contributed by atoms with Crippen molar-refractivity contribution < 1.29 is 19.8 Å². The standard InChI is InChI=1S/C8H12O4/c1-5(6(2)9)7(10)3-4-8(11)12/h10H,3-4H2,1-2H3,(H,11,12). The third kappa shape index (κ3) is 3.75. The molecular weight excluding hydrogens is 160 g/mol. The summed E-state index contributed by atoms with van der Waals surface area (Å²) in [6.45, 7) is 2.80. The topological polar surface area (TPSA) is 74.6 Å². The minimum atomic E-state index is -0.988. The molecule has 0 saturated heterocycles. The maximum atomic E-state index is 10.7. The van der Waals surface area contributed by atoms with Crippen molar-refractivity contribution >= 4 is 11.8 Å². The molecule has 0 aromatic heterocycles. The van der Waals surface area contributed by atoms with Gasteiger partial charge >= 0.3 is 5.97 Å². The number of carboxylic acid groups (broad SMARTS) is 1.